The molecule has 8 heteroatoms. The van der Waals surface area contributed by atoms with Crippen molar-refractivity contribution >= 4 is 33.4 Å². The molecule has 2 amide bonds. The van der Waals surface area contributed by atoms with Crippen LogP contribution in [-0.4, -0.2) is 34.0 Å². The van der Waals surface area contributed by atoms with Crippen LogP contribution in [0.3, 0.4) is 0 Å². The largest absolute Gasteiger partial charge is 0.352 e. The molecule has 0 atom stereocenters. The number of hydrogen-bond acceptors (Lipinski definition) is 5. The van der Waals surface area contributed by atoms with Gasteiger partial charge in [0.05, 0.1) is 18.3 Å². The number of aryl methyl sites for hydroxylation is 2. The third-order valence-corrected chi connectivity index (χ3v) is 6.87. The molecule has 0 aliphatic heterocycles. The lowest BCUT2D eigenvalue weighted by Crippen LogP contribution is -2.43. The van der Waals surface area contributed by atoms with Crippen LogP contribution >= 0.6 is 11.3 Å². The summed E-state index contributed by atoms with van der Waals surface area (Å²) in [6, 6.07) is 0.220. The van der Waals surface area contributed by atoms with Crippen molar-refractivity contribution < 1.29 is 9.59 Å². The predicted octanol–water partition coefficient (Wildman–Crippen LogP) is 1.90. The highest BCUT2D eigenvalue weighted by molar-refractivity contribution is 7.18. The zero-order valence-corrected chi connectivity index (χ0v) is 16.8. The van der Waals surface area contributed by atoms with E-state index in [1.807, 2.05) is 0 Å². The fourth-order valence-corrected chi connectivity index (χ4v) is 5.43. The molecule has 0 spiro atoms. The SMILES string of the molecule is O=C(Cn1cnc2sc3c(c2c1=O)CCCC3)NCC(=O)NC1CCCCC1. The van der Waals surface area contributed by atoms with E-state index in [0.717, 1.165) is 61.8 Å². The first-order valence-electron chi connectivity index (χ1n) is 10.2. The smallest absolute Gasteiger partial charge is 0.262 e. The first-order chi connectivity index (χ1) is 13.6. The van der Waals surface area contributed by atoms with Crippen LogP contribution in [0.5, 0.6) is 0 Å². The first kappa shape index (κ1) is 19.1. The summed E-state index contributed by atoms with van der Waals surface area (Å²) in [6.07, 6.45) is 11.1. The number of amides is 2. The van der Waals surface area contributed by atoms with Gasteiger partial charge in [0.2, 0.25) is 11.8 Å². The van der Waals surface area contributed by atoms with Crippen LogP contribution in [0, 0.1) is 0 Å². The number of aromatic nitrogens is 2. The van der Waals surface area contributed by atoms with Gasteiger partial charge in [-0.15, -0.1) is 11.3 Å². The van der Waals surface area contributed by atoms with Gasteiger partial charge in [-0.25, -0.2) is 4.98 Å². The van der Waals surface area contributed by atoms with Gasteiger partial charge in [-0.05, 0) is 44.1 Å². The molecule has 0 unspecified atom stereocenters. The van der Waals surface area contributed by atoms with E-state index in [1.165, 1.54) is 22.2 Å². The summed E-state index contributed by atoms with van der Waals surface area (Å²) in [5.74, 6) is -0.529. The van der Waals surface area contributed by atoms with Gasteiger partial charge in [-0.3, -0.25) is 19.0 Å². The lowest BCUT2D eigenvalue weighted by Gasteiger charge is -2.22. The number of fused-ring (bicyclic) bond motifs is 3. The second kappa shape index (κ2) is 8.43. The highest BCUT2D eigenvalue weighted by Crippen LogP contribution is 2.33. The van der Waals surface area contributed by atoms with E-state index < -0.39 is 0 Å². The molecular formula is C20H26N4O3S. The van der Waals surface area contributed by atoms with Gasteiger partial charge >= 0.3 is 0 Å². The van der Waals surface area contributed by atoms with Crippen molar-refractivity contribution in [1.82, 2.24) is 20.2 Å². The first-order valence-corrected chi connectivity index (χ1v) is 11.0. The Morgan fingerprint density at radius 2 is 1.89 bits per heavy atom. The summed E-state index contributed by atoms with van der Waals surface area (Å²) in [7, 11) is 0. The molecule has 28 heavy (non-hydrogen) atoms. The Hall–Kier alpha value is -2.22. The van der Waals surface area contributed by atoms with Crippen LogP contribution in [0.4, 0.5) is 0 Å². The van der Waals surface area contributed by atoms with E-state index in [4.69, 9.17) is 0 Å². The van der Waals surface area contributed by atoms with Crippen LogP contribution < -0.4 is 16.2 Å². The lowest BCUT2D eigenvalue weighted by atomic mass is 9.95. The molecule has 0 aromatic carbocycles. The van der Waals surface area contributed by atoms with Gasteiger partial charge in [0, 0.05) is 10.9 Å². The summed E-state index contributed by atoms with van der Waals surface area (Å²) in [6.45, 7) is -0.184. The molecule has 2 aromatic heterocycles. The minimum Gasteiger partial charge on any atom is -0.352 e. The molecule has 2 heterocycles. The van der Waals surface area contributed by atoms with Crippen LogP contribution in [-0.2, 0) is 29.0 Å². The second-order valence-corrected chi connectivity index (χ2v) is 8.83. The lowest BCUT2D eigenvalue weighted by molar-refractivity contribution is -0.126. The predicted molar refractivity (Wildman–Crippen MR) is 109 cm³/mol. The zero-order valence-electron chi connectivity index (χ0n) is 16.0. The highest BCUT2D eigenvalue weighted by atomic mass is 32.1. The third kappa shape index (κ3) is 4.11. The molecular weight excluding hydrogens is 376 g/mol. The summed E-state index contributed by atoms with van der Waals surface area (Å²) in [5, 5.41) is 6.26. The van der Waals surface area contributed by atoms with E-state index in [2.05, 4.69) is 15.6 Å². The van der Waals surface area contributed by atoms with E-state index in [9.17, 15) is 14.4 Å². The average Bonchev–Trinajstić information content (AvgIpc) is 3.09. The van der Waals surface area contributed by atoms with Gasteiger partial charge in [0.1, 0.15) is 11.4 Å². The van der Waals surface area contributed by atoms with Crippen LogP contribution in [0.15, 0.2) is 11.1 Å². The van der Waals surface area contributed by atoms with Crippen molar-refractivity contribution in [2.45, 2.75) is 70.4 Å². The number of carbonyl (C=O) groups excluding carboxylic acids is 2. The minimum atomic E-state index is -0.355. The Balaban J connectivity index is 1.37. The monoisotopic (exact) mass is 402 g/mol. The number of rotatable bonds is 5. The van der Waals surface area contributed by atoms with Crippen molar-refractivity contribution in [3.8, 4) is 0 Å². The Labute approximate surface area is 167 Å². The van der Waals surface area contributed by atoms with Crippen molar-refractivity contribution in [3.05, 3.63) is 27.1 Å². The third-order valence-electron chi connectivity index (χ3n) is 5.67. The summed E-state index contributed by atoms with van der Waals surface area (Å²) in [4.78, 5) is 43.6. The van der Waals surface area contributed by atoms with Crippen molar-refractivity contribution in [3.63, 3.8) is 0 Å². The van der Waals surface area contributed by atoms with Gasteiger partial charge in [0.25, 0.3) is 5.56 Å². The molecule has 0 saturated heterocycles. The number of hydrogen-bond donors (Lipinski definition) is 2. The normalized spacial score (nSPS) is 17.3. The highest BCUT2D eigenvalue weighted by Gasteiger charge is 2.21. The number of nitrogens with zero attached hydrogens (tertiary/aromatic N) is 2. The van der Waals surface area contributed by atoms with Crippen molar-refractivity contribution in [2.75, 3.05) is 6.54 Å². The van der Waals surface area contributed by atoms with E-state index in [-0.39, 0.29) is 36.5 Å². The molecule has 2 aliphatic rings. The molecule has 0 bridgehead atoms. The van der Waals surface area contributed by atoms with Crippen LogP contribution in [0.2, 0.25) is 0 Å². The standard InChI is InChI=1S/C20H26N4O3S/c25-16(23-13-6-2-1-3-7-13)10-21-17(26)11-24-12-22-19-18(20(24)27)14-8-4-5-9-15(14)28-19/h12-13H,1-11H2,(H,21,26)(H,23,25). The Bertz CT molecular complexity index is 943. The summed E-state index contributed by atoms with van der Waals surface area (Å²) < 4.78 is 1.35. The molecule has 4 rings (SSSR count). The number of thiophene rings is 1. The molecule has 1 fully saturated rings. The Morgan fingerprint density at radius 1 is 1.11 bits per heavy atom. The van der Waals surface area contributed by atoms with Gasteiger partial charge < -0.3 is 10.6 Å². The Kier molecular flexibility index (Phi) is 5.75. The quantitative estimate of drug-likeness (QED) is 0.799. The van der Waals surface area contributed by atoms with E-state index in [1.54, 1.807) is 11.3 Å². The topological polar surface area (TPSA) is 93.1 Å². The number of nitrogens with one attached hydrogen (secondary N) is 2. The average molecular weight is 403 g/mol. The maximum absolute atomic E-state index is 12.9. The Morgan fingerprint density at radius 3 is 2.71 bits per heavy atom. The second-order valence-electron chi connectivity index (χ2n) is 7.75. The molecule has 2 aliphatic carbocycles. The number of carbonyl (C=O) groups is 2. The molecule has 2 N–H and O–H groups in total. The maximum Gasteiger partial charge on any atom is 0.262 e. The molecule has 0 radical (unpaired) electrons. The summed E-state index contributed by atoms with van der Waals surface area (Å²) >= 11 is 1.59. The van der Waals surface area contributed by atoms with Crippen molar-refractivity contribution in [2.24, 2.45) is 0 Å². The van der Waals surface area contributed by atoms with E-state index >= 15 is 0 Å². The molecule has 1 saturated carbocycles. The van der Waals surface area contributed by atoms with Crippen LogP contribution in [0.25, 0.3) is 10.2 Å². The zero-order chi connectivity index (χ0) is 19.5. The van der Waals surface area contributed by atoms with Gasteiger partial charge in [-0.1, -0.05) is 19.3 Å². The molecule has 7 nitrogen and oxygen atoms in total. The molecule has 150 valence electrons. The summed E-state index contributed by atoms with van der Waals surface area (Å²) in [5.41, 5.74) is 0.955. The van der Waals surface area contributed by atoms with Gasteiger partial charge in [-0.2, -0.15) is 0 Å². The van der Waals surface area contributed by atoms with Crippen LogP contribution in [0.1, 0.15) is 55.4 Å². The maximum atomic E-state index is 12.9. The fraction of sp³-hybridized carbons (Fsp3) is 0.600. The molecule has 2 aromatic rings. The minimum absolute atomic E-state index is 0.0619. The fourth-order valence-electron chi connectivity index (χ4n) is 4.21. The van der Waals surface area contributed by atoms with E-state index in [0.29, 0.717) is 5.39 Å². The van der Waals surface area contributed by atoms with Crippen molar-refractivity contribution in [1.29, 1.82) is 0 Å². The van der Waals surface area contributed by atoms with Gasteiger partial charge in [0.15, 0.2) is 0 Å².